The summed E-state index contributed by atoms with van der Waals surface area (Å²) in [5, 5.41) is 0.656. The van der Waals surface area contributed by atoms with Gasteiger partial charge in [0.15, 0.2) is 0 Å². The van der Waals surface area contributed by atoms with Gasteiger partial charge >= 0.3 is 0 Å². The largest absolute Gasteiger partial charge is 0.379 e. The molecule has 1 aliphatic rings. The van der Waals surface area contributed by atoms with Crippen molar-refractivity contribution in [2.75, 3.05) is 20.3 Å². The number of nitrogens with zero attached hydrogens (tertiary/aromatic N) is 1. The molecule has 1 heterocycles. The fourth-order valence-electron chi connectivity index (χ4n) is 2.30. The molecule has 2 N–H and O–H groups in total. The fraction of sp³-hybridized carbons (Fsp3) is 0.500. The highest BCUT2D eigenvalue weighted by atomic mass is 35.5. The van der Waals surface area contributed by atoms with Crippen LogP contribution in [0.5, 0.6) is 0 Å². The topological polar surface area (TPSA) is 55.6 Å². The number of halogens is 1. The Bertz CT molecular complexity index is 472. The number of benzene rings is 1. The van der Waals surface area contributed by atoms with Gasteiger partial charge in [-0.2, -0.15) is 0 Å². The van der Waals surface area contributed by atoms with Crippen LogP contribution in [-0.2, 0) is 9.53 Å². The van der Waals surface area contributed by atoms with Gasteiger partial charge in [0.25, 0.3) is 0 Å². The molecule has 0 bridgehead atoms. The van der Waals surface area contributed by atoms with E-state index in [9.17, 15) is 4.79 Å². The summed E-state index contributed by atoms with van der Waals surface area (Å²) < 4.78 is 5.24. The molecular weight excluding hydrogens is 264 g/mol. The van der Waals surface area contributed by atoms with Crippen LogP contribution in [-0.4, -0.2) is 36.6 Å². The van der Waals surface area contributed by atoms with Crippen LogP contribution in [0, 0.1) is 0 Å². The molecule has 0 saturated carbocycles. The second-order valence-corrected chi connectivity index (χ2v) is 5.48. The van der Waals surface area contributed by atoms with Crippen molar-refractivity contribution in [1.29, 1.82) is 0 Å². The summed E-state index contributed by atoms with van der Waals surface area (Å²) in [6.45, 7) is 2.76. The summed E-state index contributed by atoms with van der Waals surface area (Å²) in [5.74, 6) is -0.0996. The van der Waals surface area contributed by atoms with Gasteiger partial charge in [-0.05, 0) is 25.0 Å². The molecule has 0 aromatic heterocycles. The fourth-order valence-corrected chi connectivity index (χ4v) is 2.59. The quantitative estimate of drug-likeness (QED) is 0.922. The first kappa shape index (κ1) is 14.3. The van der Waals surface area contributed by atoms with Crippen LogP contribution in [0.1, 0.15) is 24.9 Å². The lowest BCUT2D eigenvalue weighted by Crippen LogP contribution is -2.55. The van der Waals surface area contributed by atoms with E-state index in [1.807, 2.05) is 31.2 Å². The average molecular weight is 283 g/mol. The number of hydrogen-bond donors (Lipinski definition) is 1. The maximum absolute atomic E-state index is 12.5. The number of hydrogen-bond acceptors (Lipinski definition) is 3. The first-order valence-corrected chi connectivity index (χ1v) is 6.72. The van der Waals surface area contributed by atoms with Gasteiger partial charge in [-0.3, -0.25) is 4.79 Å². The van der Waals surface area contributed by atoms with E-state index in [0.29, 0.717) is 18.1 Å². The lowest BCUT2D eigenvalue weighted by Gasteiger charge is -2.32. The summed E-state index contributed by atoms with van der Waals surface area (Å²) in [7, 11) is 1.75. The Balaban J connectivity index is 2.17. The average Bonchev–Trinajstić information content (AvgIpc) is 2.85. The molecule has 2 unspecified atom stereocenters. The SMILES string of the molecule is CC(c1ccccc1Cl)N(C)C(=O)C1(N)CCOC1. The van der Waals surface area contributed by atoms with E-state index in [1.165, 1.54) is 0 Å². The summed E-state index contributed by atoms with van der Waals surface area (Å²) in [5.41, 5.74) is 6.13. The van der Waals surface area contributed by atoms with E-state index in [2.05, 4.69) is 0 Å². The second kappa shape index (κ2) is 5.49. The molecule has 1 aliphatic heterocycles. The first-order valence-electron chi connectivity index (χ1n) is 6.34. The van der Waals surface area contributed by atoms with Crippen LogP contribution in [0.2, 0.25) is 5.02 Å². The van der Waals surface area contributed by atoms with Crippen LogP contribution < -0.4 is 5.73 Å². The summed E-state index contributed by atoms with van der Waals surface area (Å²) in [4.78, 5) is 14.1. The Kier molecular flexibility index (Phi) is 4.13. The van der Waals surface area contributed by atoms with Crippen molar-refractivity contribution in [1.82, 2.24) is 4.90 Å². The van der Waals surface area contributed by atoms with E-state index in [0.717, 1.165) is 5.56 Å². The molecule has 4 nitrogen and oxygen atoms in total. The molecule has 19 heavy (non-hydrogen) atoms. The van der Waals surface area contributed by atoms with Gasteiger partial charge in [0.05, 0.1) is 12.6 Å². The summed E-state index contributed by atoms with van der Waals surface area (Å²) in [6.07, 6.45) is 0.561. The monoisotopic (exact) mass is 282 g/mol. The van der Waals surface area contributed by atoms with E-state index < -0.39 is 5.54 Å². The van der Waals surface area contributed by atoms with Crippen molar-refractivity contribution in [3.63, 3.8) is 0 Å². The third kappa shape index (κ3) is 2.76. The molecule has 0 aliphatic carbocycles. The zero-order chi connectivity index (χ0) is 14.0. The minimum absolute atomic E-state index is 0.0996. The second-order valence-electron chi connectivity index (χ2n) is 5.07. The van der Waals surface area contributed by atoms with Crippen LogP contribution >= 0.6 is 11.6 Å². The van der Waals surface area contributed by atoms with Gasteiger partial charge in [-0.25, -0.2) is 0 Å². The number of nitrogens with two attached hydrogens (primary N) is 1. The minimum atomic E-state index is -0.899. The molecule has 1 saturated heterocycles. The molecule has 104 valence electrons. The van der Waals surface area contributed by atoms with Gasteiger partial charge in [0, 0.05) is 18.7 Å². The molecule has 0 spiro atoms. The van der Waals surface area contributed by atoms with Crippen molar-refractivity contribution in [3.8, 4) is 0 Å². The predicted molar refractivity (Wildman–Crippen MR) is 75.0 cm³/mol. The lowest BCUT2D eigenvalue weighted by atomic mass is 9.96. The number of amides is 1. The number of likely N-dealkylation sites (N-methyl/N-ethyl adjacent to an activating group) is 1. The number of rotatable bonds is 3. The predicted octanol–water partition coefficient (Wildman–Crippen LogP) is 1.98. The van der Waals surface area contributed by atoms with Crippen LogP contribution in [0.25, 0.3) is 0 Å². The van der Waals surface area contributed by atoms with Crippen molar-refractivity contribution in [2.45, 2.75) is 24.9 Å². The van der Waals surface area contributed by atoms with Crippen molar-refractivity contribution >= 4 is 17.5 Å². The molecule has 1 fully saturated rings. The van der Waals surface area contributed by atoms with Crippen LogP contribution in [0.4, 0.5) is 0 Å². The van der Waals surface area contributed by atoms with Crippen molar-refractivity contribution in [3.05, 3.63) is 34.9 Å². The van der Waals surface area contributed by atoms with E-state index in [4.69, 9.17) is 22.1 Å². The van der Waals surface area contributed by atoms with Crippen molar-refractivity contribution < 1.29 is 9.53 Å². The summed E-state index contributed by atoms with van der Waals surface area (Å²) >= 11 is 6.17. The smallest absolute Gasteiger partial charge is 0.245 e. The molecule has 5 heteroatoms. The zero-order valence-electron chi connectivity index (χ0n) is 11.2. The highest BCUT2D eigenvalue weighted by molar-refractivity contribution is 6.31. The lowest BCUT2D eigenvalue weighted by molar-refractivity contribution is -0.137. The van der Waals surface area contributed by atoms with E-state index in [1.54, 1.807) is 11.9 Å². The van der Waals surface area contributed by atoms with Crippen LogP contribution in [0.15, 0.2) is 24.3 Å². The maximum atomic E-state index is 12.5. The number of ether oxygens (including phenoxy) is 1. The Hall–Kier alpha value is -1.10. The molecular formula is C14H19ClN2O2. The Morgan fingerprint density at radius 3 is 2.79 bits per heavy atom. The first-order chi connectivity index (χ1) is 8.96. The zero-order valence-corrected chi connectivity index (χ0v) is 12.0. The normalized spacial score (nSPS) is 24.2. The summed E-state index contributed by atoms with van der Waals surface area (Å²) in [6, 6.07) is 7.40. The molecule has 1 aromatic rings. The van der Waals surface area contributed by atoms with Gasteiger partial charge in [0.2, 0.25) is 5.91 Å². The van der Waals surface area contributed by atoms with Gasteiger partial charge in [-0.15, -0.1) is 0 Å². The molecule has 2 rings (SSSR count). The van der Waals surface area contributed by atoms with E-state index >= 15 is 0 Å². The van der Waals surface area contributed by atoms with Crippen molar-refractivity contribution in [2.24, 2.45) is 5.73 Å². The number of carbonyl (C=O) groups excluding carboxylic acids is 1. The third-order valence-corrected chi connectivity index (χ3v) is 4.08. The highest BCUT2D eigenvalue weighted by Gasteiger charge is 2.41. The third-order valence-electron chi connectivity index (χ3n) is 3.73. The molecule has 2 atom stereocenters. The molecule has 0 radical (unpaired) electrons. The highest BCUT2D eigenvalue weighted by Crippen LogP contribution is 2.28. The van der Waals surface area contributed by atoms with Gasteiger partial charge < -0.3 is 15.4 Å². The van der Waals surface area contributed by atoms with Crippen LogP contribution in [0.3, 0.4) is 0 Å². The number of carbonyl (C=O) groups is 1. The standard InChI is InChI=1S/C14H19ClN2O2/c1-10(11-5-3-4-6-12(11)15)17(2)13(18)14(16)7-8-19-9-14/h3-6,10H,7-9,16H2,1-2H3. The minimum Gasteiger partial charge on any atom is -0.379 e. The van der Waals surface area contributed by atoms with Gasteiger partial charge in [0.1, 0.15) is 5.54 Å². The maximum Gasteiger partial charge on any atom is 0.245 e. The molecule has 1 aromatic carbocycles. The van der Waals surface area contributed by atoms with E-state index in [-0.39, 0.29) is 18.6 Å². The Labute approximate surface area is 118 Å². The Morgan fingerprint density at radius 2 is 2.21 bits per heavy atom. The van der Waals surface area contributed by atoms with Gasteiger partial charge in [-0.1, -0.05) is 29.8 Å². The molecule has 1 amide bonds. The Morgan fingerprint density at radius 1 is 1.53 bits per heavy atom.